The van der Waals surface area contributed by atoms with Gasteiger partial charge in [0.25, 0.3) is 0 Å². The summed E-state index contributed by atoms with van der Waals surface area (Å²) in [4.78, 5) is 0. The van der Waals surface area contributed by atoms with Gasteiger partial charge >= 0.3 is 0 Å². The predicted molar refractivity (Wildman–Crippen MR) is 64.3 cm³/mol. The third-order valence-corrected chi connectivity index (χ3v) is 2.89. The fourth-order valence-electron chi connectivity index (χ4n) is 1.89. The number of rotatable bonds is 2. The number of allylic oxidation sites excluding steroid dienone is 1. The minimum absolute atomic E-state index is 0.518. The van der Waals surface area contributed by atoms with Crippen LogP contribution in [0.4, 0.5) is 0 Å². The van der Waals surface area contributed by atoms with Crippen molar-refractivity contribution in [1.82, 2.24) is 0 Å². The van der Waals surface area contributed by atoms with Crippen LogP contribution in [0.2, 0.25) is 0 Å². The van der Waals surface area contributed by atoms with Crippen LogP contribution in [0.15, 0.2) is 53.9 Å². The molecule has 1 atom stereocenters. The molecule has 0 saturated heterocycles. The van der Waals surface area contributed by atoms with E-state index in [0.29, 0.717) is 12.1 Å². The smallest absolute Gasteiger partial charge is 0.121 e. The quantitative estimate of drug-likeness (QED) is 0.789. The molecular weight excluding hydrogens is 200 g/mol. The maximum absolute atomic E-state index is 6.35. The summed E-state index contributed by atoms with van der Waals surface area (Å²) in [5.74, 6) is 0.744. The molecule has 4 N–H and O–H groups in total. The SMILES string of the molecule is COC1=C(N)C=CC(N)(c2ccccc2)C1. The summed E-state index contributed by atoms with van der Waals surface area (Å²) >= 11 is 0. The van der Waals surface area contributed by atoms with Gasteiger partial charge in [0.1, 0.15) is 5.76 Å². The average Bonchev–Trinajstić information content (AvgIpc) is 2.34. The molecule has 2 rings (SSSR count). The summed E-state index contributed by atoms with van der Waals surface area (Å²) in [7, 11) is 1.62. The summed E-state index contributed by atoms with van der Waals surface area (Å²) in [6.45, 7) is 0. The average molecular weight is 216 g/mol. The highest BCUT2D eigenvalue weighted by Crippen LogP contribution is 2.32. The van der Waals surface area contributed by atoms with Gasteiger partial charge in [0, 0.05) is 6.42 Å². The van der Waals surface area contributed by atoms with Crippen LogP contribution in [0, 0.1) is 0 Å². The topological polar surface area (TPSA) is 61.3 Å². The molecule has 3 nitrogen and oxygen atoms in total. The van der Waals surface area contributed by atoms with Crippen LogP contribution in [0.3, 0.4) is 0 Å². The molecule has 16 heavy (non-hydrogen) atoms. The first kappa shape index (κ1) is 10.8. The summed E-state index contributed by atoms with van der Waals surface area (Å²) in [6.07, 6.45) is 4.34. The van der Waals surface area contributed by atoms with Gasteiger partial charge in [-0.15, -0.1) is 0 Å². The van der Waals surface area contributed by atoms with E-state index in [1.165, 1.54) is 0 Å². The Kier molecular flexibility index (Phi) is 2.71. The Labute approximate surface area is 95.4 Å². The zero-order valence-electron chi connectivity index (χ0n) is 9.31. The first-order chi connectivity index (χ1) is 7.65. The van der Waals surface area contributed by atoms with Crippen molar-refractivity contribution < 1.29 is 4.74 Å². The Morgan fingerprint density at radius 2 is 1.94 bits per heavy atom. The molecule has 0 bridgehead atoms. The highest BCUT2D eigenvalue weighted by Gasteiger charge is 2.29. The summed E-state index contributed by atoms with van der Waals surface area (Å²) in [5.41, 5.74) is 13.4. The molecule has 84 valence electrons. The Balaban J connectivity index is 2.34. The zero-order valence-corrected chi connectivity index (χ0v) is 9.31. The lowest BCUT2D eigenvalue weighted by Crippen LogP contribution is -2.37. The lowest BCUT2D eigenvalue weighted by Gasteiger charge is -2.30. The maximum Gasteiger partial charge on any atom is 0.121 e. The van der Waals surface area contributed by atoms with Crippen LogP contribution in [0.5, 0.6) is 0 Å². The van der Waals surface area contributed by atoms with E-state index in [-0.39, 0.29) is 0 Å². The molecule has 3 heteroatoms. The fraction of sp³-hybridized carbons (Fsp3) is 0.231. The van der Waals surface area contributed by atoms with Gasteiger partial charge in [-0.1, -0.05) is 36.4 Å². The second-order valence-corrected chi connectivity index (χ2v) is 4.00. The first-order valence-electron chi connectivity index (χ1n) is 5.22. The maximum atomic E-state index is 6.35. The van der Waals surface area contributed by atoms with E-state index < -0.39 is 5.54 Å². The molecule has 0 aliphatic heterocycles. The Morgan fingerprint density at radius 3 is 2.56 bits per heavy atom. The van der Waals surface area contributed by atoms with Gasteiger partial charge in [-0.2, -0.15) is 0 Å². The van der Waals surface area contributed by atoms with Crippen LogP contribution < -0.4 is 11.5 Å². The molecule has 1 aromatic rings. The monoisotopic (exact) mass is 216 g/mol. The van der Waals surface area contributed by atoms with Crippen molar-refractivity contribution in [3.05, 3.63) is 59.5 Å². The molecule has 1 unspecified atom stereocenters. The van der Waals surface area contributed by atoms with Gasteiger partial charge in [0.2, 0.25) is 0 Å². The van der Waals surface area contributed by atoms with E-state index in [9.17, 15) is 0 Å². The van der Waals surface area contributed by atoms with E-state index in [0.717, 1.165) is 11.3 Å². The van der Waals surface area contributed by atoms with Crippen molar-refractivity contribution in [3.8, 4) is 0 Å². The first-order valence-corrected chi connectivity index (χ1v) is 5.22. The van der Waals surface area contributed by atoms with Crippen molar-refractivity contribution in [1.29, 1.82) is 0 Å². The largest absolute Gasteiger partial charge is 0.499 e. The van der Waals surface area contributed by atoms with Crippen molar-refractivity contribution >= 4 is 0 Å². The molecule has 1 aliphatic rings. The molecular formula is C13H16N2O. The van der Waals surface area contributed by atoms with Crippen molar-refractivity contribution in [2.75, 3.05) is 7.11 Å². The van der Waals surface area contributed by atoms with Gasteiger partial charge in [0.05, 0.1) is 18.3 Å². The van der Waals surface area contributed by atoms with E-state index >= 15 is 0 Å². The third-order valence-electron chi connectivity index (χ3n) is 2.89. The number of ether oxygens (including phenoxy) is 1. The lowest BCUT2D eigenvalue weighted by molar-refractivity contribution is 0.252. The molecule has 0 fully saturated rings. The number of hydrogen-bond donors (Lipinski definition) is 2. The number of hydrogen-bond acceptors (Lipinski definition) is 3. The van der Waals surface area contributed by atoms with Crippen LogP contribution in [0.25, 0.3) is 0 Å². The van der Waals surface area contributed by atoms with E-state index in [1.54, 1.807) is 7.11 Å². The normalized spacial score (nSPS) is 24.6. The molecule has 1 aliphatic carbocycles. The van der Waals surface area contributed by atoms with Gasteiger partial charge in [-0.05, 0) is 11.6 Å². The van der Waals surface area contributed by atoms with Crippen molar-refractivity contribution in [2.24, 2.45) is 11.5 Å². The highest BCUT2D eigenvalue weighted by atomic mass is 16.5. The molecule has 0 radical (unpaired) electrons. The fourth-order valence-corrected chi connectivity index (χ4v) is 1.89. The Morgan fingerprint density at radius 1 is 1.25 bits per heavy atom. The Bertz CT molecular complexity index is 437. The summed E-state index contributed by atoms with van der Waals surface area (Å²) in [5, 5.41) is 0. The van der Waals surface area contributed by atoms with Crippen LogP contribution in [-0.4, -0.2) is 7.11 Å². The minimum atomic E-state index is -0.518. The van der Waals surface area contributed by atoms with E-state index in [4.69, 9.17) is 16.2 Å². The predicted octanol–water partition coefficient (Wildman–Crippen LogP) is 1.62. The van der Waals surface area contributed by atoms with Crippen molar-refractivity contribution in [2.45, 2.75) is 12.0 Å². The molecule has 1 aromatic carbocycles. The molecule has 0 aromatic heterocycles. The van der Waals surface area contributed by atoms with E-state index in [2.05, 4.69) is 0 Å². The summed E-state index contributed by atoms with van der Waals surface area (Å²) < 4.78 is 5.24. The second-order valence-electron chi connectivity index (χ2n) is 4.00. The molecule has 0 spiro atoms. The van der Waals surface area contributed by atoms with E-state index in [1.807, 2.05) is 42.5 Å². The lowest BCUT2D eigenvalue weighted by atomic mass is 9.83. The zero-order chi connectivity index (χ0) is 11.6. The molecule has 0 amide bonds. The molecule has 0 saturated carbocycles. The van der Waals surface area contributed by atoms with Gasteiger partial charge in [0.15, 0.2) is 0 Å². The number of methoxy groups -OCH3 is 1. The van der Waals surface area contributed by atoms with Gasteiger partial charge in [-0.3, -0.25) is 0 Å². The summed E-state index contributed by atoms with van der Waals surface area (Å²) in [6, 6.07) is 9.96. The number of nitrogens with two attached hydrogens (primary N) is 2. The number of benzene rings is 1. The van der Waals surface area contributed by atoms with Crippen molar-refractivity contribution in [3.63, 3.8) is 0 Å². The van der Waals surface area contributed by atoms with Gasteiger partial charge < -0.3 is 16.2 Å². The second kappa shape index (κ2) is 4.02. The van der Waals surface area contributed by atoms with Crippen LogP contribution in [0.1, 0.15) is 12.0 Å². The van der Waals surface area contributed by atoms with Crippen LogP contribution in [-0.2, 0) is 10.3 Å². The highest BCUT2D eigenvalue weighted by molar-refractivity contribution is 5.38. The Hall–Kier alpha value is -1.74. The third kappa shape index (κ3) is 1.82. The molecule has 0 heterocycles. The van der Waals surface area contributed by atoms with Crippen LogP contribution >= 0.6 is 0 Å². The minimum Gasteiger partial charge on any atom is -0.499 e. The standard InChI is InChI=1S/C13H16N2O/c1-16-12-9-13(15,8-7-11(12)14)10-5-3-2-4-6-10/h2-8H,9,14-15H2,1H3. The van der Waals surface area contributed by atoms with Gasteiger partial charge in [-0.25, -0.2) is 0 Å².